The molecule has 2 atom stereocenters. The molecule has 1 saturated heterocycles. The molecule has 2 fully saturated rings. The van der Waals surface area contributed by atoms with Crippen molar-refractivity contribution < 1.29 is 4.74 Å². The first-order valence-corrected chi connectivity index (χ1v) is 11.2. The Morgan fingerprint density at radius 3 is 2.48 bits per heavy atom. The topological polar surface area (TPSA) is 52.1 Å². The summed E-state index contributed by atoms with van der Waals surface area (Å²) >= 11 is 0. The standard InChI is InChI=1S/C23H39N5O/c1-5-24-23(25-16-18(2)27(3)20-10-11-20)26-17-22(28-14-6-7-15-28)19-8-12-21(29-4)13-9-19/h8-9,12-13,18,20,22H,5-7,10-11,14-17H2,1-4H3,(H2,24,25,26). The van der Waals surface area contributed by atoms with Crippen LogP contribution in [0, 0.1) is 0 Å². The lowest BCUT2D eigenvalue weighted by atomic mass is 10.1. The summed E-state index contributed by atoms with van der Waals surface area (Å²) in [7, 11) is 3.95. The molecule has 29 heavy (non-hydrogen) atoms. The van der Waals surface area contributed by atoms with Crippen molar-refractivity contribution in [2.75, 3.05) is 46.9 Å². The molecule has 3 rings (SSSR count). The Labute approximate surface area is 176 Å². The lowest BCUT2D eigenvalue weighted by Crippen LogP contribution is -2.43. The molecule has 1 aliphatic carbocycles. The molecule has 1 aliphatic heterocycles. The Morgan fingerprint density at radius 1 is 1.21 bits per heavy atom. The number of ether oxygens (including phenoxy) is 1. The molecule has 0 amide bonds. The fourth-order valence-corrected chi connectivity index (χ4v) is 4.07. The average molecular weight is 402 g/mol. The van der Waals surface area contributed by atoms with Crippen LogP contribution in [-0.4, -0.2) is 74.7 Å². The number of hydrogen-bond acceptors (Lipinski definition) is 4. The zero-order valence-electron chi connectivity index (χ0n) is 18.7. The molecule has 1 saturated carbocycles. The second-order valence-corrected chi connectivity index (χ2v) is 8.38. The fraction of sp³-hybridized carbons (Fsp3) is 0.696. The Bertz CT molecular complexity index is 637. The Hall–Kier alpha value is -1.79. The van der Waals surface area contributed by atoms with Gasteiger partial charge in [0.25, 0.3) is 0 Å². The van der Waals surface area contributed by atoms with Gasteiger partial charge in [0.2, 0.25) is 0 Å². The number of nitrogens with one attached hydrogen (secondary N) is 2. The second-order valence-electron chi connectivity index (χ2n) is 8.38. The SMILES string of the molecule is CCNC(=NCC(C)N(C)C1CC1)NCC(c1ccc(OC)cc1)N1CCCC1. The normalized spacial score (nSPS) is 20.0. The summed E-state index contributed by atoms with van der Waals surface area (Å²) in [5, 5.41) is 7.03. The van der Waals surface area contributed by atoms with Gasteiger partial charge in [0, 0.05) is 25.2 Å². The van der Waals surface area contributed by atoms with Crippen molar-refractivity contribution in [3.8, 4) is 5.75 Å². The molecule has 0 bridgehead atoms. The monoisotopic (exact) mass is 401 g/mol. The van der Waals surface area contributed by atoms with Crippen LogP contribution in [0.3, 0.4) is 0 Å². The number of guanidine groups is 1. The van der Waals surface area contributed by atoms with E-state index in [-0.39, 0.29) is 0 Å². The van der Waals surface area contributed by atoms with E-state index < -0.39 is 0 Å². The van der Waals surface area contributed by atoms with Crippen molar-refractivity contribution in [3.63, 3.8) is 0 Å². The van der Waals surface area contributed by atoms with Gasteiger partial charge in [-0.1, -0.05) is 12.1 Å². The molecule has 1 aromatic rings. The van der Waals surface area contributed by atoms with Crippen molar-refractivity contribution >= 4 is 5.96 Å². The number of benzene rings is 1. The first kappa shape index (κ1) is 21.9. The predicted molar refractivity (Wildman–Crippen MR) is 121 cm³/mol. The maximum atomic E-state index is 5.34. The minimum Gasteiger partial charge on any atom is -0.497 e. The highest BCUT2D eigenvalue weighted by Gasteiger charge is 2.29. The minimum atomic E-state index is 0.346. The Balaban J connectivity index is 1.63. The summed E-state index contributed by atoms with van der Waals surface area (Å²) in [6, 6.07) is 10.1. The molecule has 0 radical (unpaired) electrons. The van der Waals surface area contributed by atoms with Gasteiger partial charge in [-0.05, 0) is 77.4 Å². The van der Waals surface area contributed by atoms with Gasteiger partial charge in [0.05, 0.1) is 19.7 Å². The van der Waals surface area contributed by atoms with Crippen LogP contribution in [-0.2, 0) is 0 Å². The van der Waals surface area contributed by atoms with Gasteiger partial charge < -0.3 is 15.4 Å². The van der Waals surface area contributed by atoms with E-state index in [1.807, 2.05) is 0 Å². The van der Waals surface area contributed by atoms with Crippen LogP contribution in [0.15, 0.2) is 29.3 Å². The third-order valence-corrected chi connectivity index (χ3v) is 6.22. The number of nitrogens with zero attached hydrogens (tertiary/aromatic N) is 3. The van der Waals surface area contributed by atoms with Gasteiger partial charge in [0.15, 0.2) is 5.96 Å². The molecule has 162 valence electrons. The van der Waals surface area contributed by atoms with Crippen LogP contribution < -0.4 is 15.4 Å². The van der Waals surface area contributed by atoms with E-state index in [4.69, 9.17) is 9.73 Å². The fourth-order valence-electron chi connectivity index (χ4n) is 4.07. The molecule has 0 aromatic heterocycles. The van der Waals surface area contributed by atoms with Gasteiger partial charge in [-0.25, -0.2) is 0 Å². The number of likely N-dealkylation sites (N-methyl/N-ethyl adjacent to an activating group) is 1. The molecule has 6 heteroatoms. The van der Waals surface area contributed by atoms with E-state index in [0.717, 1.165) is 50.5 Å². The van der Waals surface area contributed by atoms with Crippen molar-refractivity contribution in [1.29, 1.82) is 0 Å². The van der Waals surface area contributed by atoms with Crippen molar-refractivity contribution in [3.05, 3.63) is 29.8 Å². The highest BCUT2D eigenvalue weighted by atomic mass is 16.5. The zero-order valence-corrected chi connectivity index (χ0v) is 18.7. The summed E-state index contributed by atoms with van der Waals surface area (Å²) in [4.78, 5) is 9.93. The summed E-state index contributed by atoms with van der Waals surface area (Å²) in [5.74, 6) is 1.83. The van der Waals surface area contributed by atoms with E-state index in [1.165, 1.54) is 31.2 Å². The number of methoxy groups -OCH3 is 1. The van der Waals surface area contributed by atoms with Gasteiger partial charge in [0.1, 0.15) is 5.75 Å². The van der Waals surface area contributed by atoms with Crippen LogP contribution in [0.1, 0.15) is 51.1 Å². The molecule has 2 unspecified atom stereocenters. The van der Waals surface area contributed by atoms with Crippen LogP contribution in [0.4, 0.5) is 0 Å². The average Bonchev–Trinajstić information content (AvgIpc) is 3.46. The largest absolute Gasteiger partial charge is 0.497 e. The second kappa shape index (κ2) is 10.8. The number of rotatable bonds is 10. The smallest absolute Gasteiger partial charge is 0.191 e. The Morgan fingerprint density at radius 2 is 1.90 bits per heavy atom. The minimum absolute atomic E-state index is 0.346. The summed E-state index contributed by atoms with van der Waals surface area (Å²) in [6.45, 7) is 9.26. The quantitative estimate of drug-likeness (QED) is 0.466. The lowest BCUT2D eigenvalue weighted by molar-refractivity contribution is 0.244. The highest BCUT2D eigenvalue weighted by molar-refractivity contribution is 5.79. The van der Waals surface area contributed by atoms with E-state index in [1.54, 1.807) is 7.11 Å². The third-order valence-electron chi connectivity index (χ3n) is 6.22. The zero-order chi connectivity index (χ0) is 20.6. The van der Waals surface area contributed by atoms with Crippen molar-refractivity contribution in [2.45, 2.75) is 57.7 Å². The lowest BCUT2D eigenvalue weighted by Gasteiger charge is -2.29. The summed E-state index contributed by atoms with van der Waals surface area (Å²) in [5.41, 5.74) is 1.33. The Kier molecular flexibility index (Phi) is 8.19. The van der Waals surface area contributed by atoms with Gasteiger partial charge in [-0.15, -0.1) is 0 Å². The molecule has 0 spiro atoms. The van der Waals surface area contributed by atoms with Gasteiger partial charge in [-0.2, -0.15) is 0 Å². The first-order valence-electron chi connectivity index (χ1n) is 11.2. The summed E-state index contributed by atoms with van der Waals surface area (Å²) in [6.07, 6.45) is 5.24. The van der Waals surface area contributed by atoms with Crippen LogP contribution in [0.25, 0.3) is 0 Å². The molecule has 2 N–H and O–H groups in total. The van der Waals surface area contributed by atoms with Gasteiger partial charge >= 0.3 is 0 Å². The first-order chi connectivity index (χ1) is 14.1. The number of likely N-dealkylation sites (tertiary alicyclic amines) is 1. The molecule has 1 heterocycles. The number of hydrogen-bond donors (Lipinski definition) is 2. The summed E-state index contributed by atoms with van der Waals surface area (Å²) < 4.78 is 5.34. The third kappa shape index (κ3) is 6.34. The molecule has 2 aliphatic rings. The van der Waals surface area contributed by atoms with E-state index >= 15 is 0 Å². The van der Waals surface area contributed by atoms with Gasteiger partial charge in [-0.3, -0.25) is 14.8 Å². The van der Waals surface area contributed by atoms with Crippen LogP contribution in [0.5, 0.6) is 5.75 Å². The highest BCUT2D eigenvalue weighted by Crippen LogP contribution is 2.27. The van der Waals surface area contributed by atoms with E-state index in [9.17, 15) is 0 Å². The van der Waals surface area contributed by atoms with Crippen LogP contribution in [0.2, 0.25) is 0 Å². The maximum absolute atomic E-state index is 5.34. The molecule has 6 nitrogen and oxygen atoms in total. The molecular formula is C23H39N5O. The van der Waals surface area contributed by atoms with Crippen molar-refractivity contribution in [2.24, 2.45) is 4.99 Å². The van der Waals surface area contributed by atoms with Crippen molar-refractivity contribution in [1.82, 2.24) is 20.4 Å². The molecular weight excluding hydrogens is 362 g/mol. The maximum Gasteiger partial charge on any atom is 0.191 e. The van der Waals surface area contributed by atoms with E-state index in [2.05, 4.69) is 65.6 Å². The van der Waals surface area contributed by atoms with E-state index in [0.29, 0.717) is 12.1 Å². The van der Waals surface area contributed by atoms with Crippen LogP contribution >= 0.6 is 0 Å². The molecule has 1 aromatic carbocycles. The number of aliphatic imine (C=N–C) groups is 1. The predicted octanol–water partition coefficient (Wildman–Crippen LogP) is 2.87.